The van der Waals surface area contributed by atoms with E-state index in [0.717, 1.165) is 24.5 Å². The molecule has 0 spiro atoms. The fourth-order valence-corrected chi connectivity index (χ4v) is 2.59. The Morgan fingerprint density at radius 1 is 1.60 bits per heavy atom. The number of thiazole rings is 1. The molecule has 82 valence electrons. The zero-order valence-corrected chi connectivity index (χ0v) is 9.76. The van der Waals surface area contributed by atoms with Crippen LogP contribution in [-0.4, -0.2) is 17.6 Å². The van der Waals surface area contributed by atoms with Crippen LogP contribution in [0.3, 0.4) is 0 Å². The predicted octanol–water partition coefficient (Wildman–Crippen LogP) is 1.44. The van der Waals surface area contributed by atoms with Gasteiger partial charge in [0.15, 0.2) is 0 Å². The van der Waals surface area contributed by atoms with Crippen molar-refractivity contribution in [2.75, 3.05) is 6.54 Å². The summed E-state index contributed by atoms with van der Waals surface area (Å²) >= 11 is 1.75. The van der Waals surface area contributed by atoms with Crippen LogP contribution < -0.4 is 11.1 Å². The lowest BCUT2D eigenvalue weighted by Gasteiger charge is -2.09. The van der Waals surface area contributed by atoms with Crippen molar-refractivity contribution in [2.24, 2.45) is 11.7 Å². The predicted molar refractivity (Wildman–Crippen MR) is 63.8 cm³/mol. The summed E-state index contributed by atoms with van der Waals surface area (Å²) in [5.74, 6) is 0.606. The first-order chi connectivity index (χ1) is 7.24. The lowest BCUT2D eigenvalue weighted by Crippen LogP contribution is -2.23. The van der Waals surface area contributed by atoms with Gasteiger partial charge in [0, 0.05) is 30.2 Å². The Morgan fingerprint density at radius 3 is 3.07 bits per heavy atom. The molecule has 0 aliphatic heterocycles. The molecule has 15 heavy (non-hydrogen) atoms. The number of nitrogens with zero attached hydrogens (tertiary/aromatic N) is 1. The minimum Gasteiger partial charge on any atom is -0.324 e. The quantitative estimate of drug-likeness (QED) is 0.760. The molecule has 2 atom stereocenters. The highest BCUT2D eigenvalue weighted by atomic mass is 32.1. The van der Waals surface area contributed by atoms with Gasteiger partial charge in [0.1, 0.15) is 0 Å². The molecule has 0 radical (unpaired) electrons. The maximum atomic E-state index is 5.79. The number of nitrogens with one attached hydrogen (secondary N) is 1. The van der Waals surface area contributed by atoms with Crippen LogP contribution in [0.2, 0.25) is 0 Å². The molecule has 0 fully saturated rings. The topological polar surface area (TPSA) is 50.9 Å². The normalized spacial score (nSPS) is 24.9. The molecule has 0 saturated carbocycles. The number of nitrogens with two attached hydrogens (primary N) is 1. The molecule has 3 nitrogen and oxygen atoms in total. The Kier molecular flexibility index (Phi) is 3.51. The minimum absolute atomic E-state index is 0.266. The van der Waals surface area contributed by atoms with Gasteiger partial charge >= 0.3 is 0 Å². The monoisotopic (exact) mass is 223 g/mol. The van der Waals surface area contributed by atoms with Crippen molar-refractivity contribution in [1.82, 2.24) is 10.3 Å². The van der Waals surface area contributed by atoms with Crippen molar-refractivity contribution in [3.63, 3.8) is 0 Å². The summed E-state index contributed by atoms with van der Waals surface area (Å²) in [5.41, 5.74) is 5.79. The van der Waals surface area contributed by atoms with Crippen molar-refractivity contribution >= 4 is 11.3 Å². The van der Waals surface area contributed by atoms with Crippen LogP contribution in [0.5, 0.6) is 0 Å². The van der Waals surface area contributed by atoms with E-state index in [4.69, 9.17) is 5.73 Å². The smallest absolute Gasteiger partial charge is 0.0897 e. The van der Waals surface area contributed by atoms with Gasteiger partial charge in [-0.05, 0) is 19.3 Å². The van der Waals surface area contributed by atoms with Crippen LogP contribution in [0.25, 0.3) is 0 Å². The number of aromatic nitrogens is 1. The fraction of sp³-hybridized carbons (Fsp3) is 0.545. The highest BCUT2D eigenvalue weighted by molar-refractivity contribution is 7.11. The van der Waals surface area contributed by atoms with Gasteiger partial charge in [-0.1, -0.05) is 12.2 Å². The number of hydrogen-bond donors (Lipinski definition) is 2. The van der Waals surface area contributed by atoms with Gasteiger partial charge in [0.25, 0.3) is 0 Å². The van der Waals surface area contributed by atoms with Gasteiger partial charge in [-0.3, -0.25) is 0 Å². The molecule has 3 N–H and O–H groups in total. The lowest BCUT2D eigenvalue weighted by atomic mass is 10.1. The number of rotatable bonds is 4. The zero-order valence-electron chi connectivity index (χ0n) is 8.94. The Balaban J connectivity index is 1.69. The molecule has 2 unspecified atom stereocenters. The summed E-state index contributed by atoms with van der Waals surface area (Å²) < 4.78 is 0. The second kappa shape index (κ2) is 4.88. The molecule has 0 saturated heterocycles. The first-order valence-corrected chi connectivity index (χ1v) is 6.11. The van der Waals surface area contributed by atoms with Gasteiger partial charge in [0.2, 0.25) is 0 Å². The molecule has 0 bridgehead atoms. The van der Waals surface area contributed by atoms with Gasteiger partial charge in [0.05, 0.1) is 5.01 Å². The Labute approximate surface area is 94.4 Å². The largest absolute Gasteiger partial charge is 0.324 e. The molecule has 1 aromatic heterocycles. The molecule has 1 aliphatic carbocycles. The molecule has 1 aromatic rings. The van der Waals surface area contributed by atoms with Gasteiger partial charge in [-0.25, -0.2) is 4.98 Å². The maximum absolute atomic E-state index is 5.79. The highest BCUT2D eigenvalue weighted by Crippen LogP contribution is 2.16. The third-order valence-electron chi connectivity index (χ3n) is 2.58. The minimum atomic E-state index is 0.266. The average molecular weight is 223 g/mol. The molecule has 2 rings (SSSR count). The van der Waals surface area contributed by atoms with Crippen molar-refractivity contribution in [1.29, 1.82) is 0 Å². The van der Waals surface area contributed by atoms with E-state index in [2.05, 4.69) is 22.5 Å². The molecular weight excluding hydrogens is 206 g/mol. The van der Waals surface area contributed by atoms with Gasteiger partial charge < -0.3 is 11.1 Å². The molecule has 0 amide bonds. The van der Waals surface area contributed by atoms with Crippen molar-refractivity contribution in [3.05, 3.63) is 28.2 Å². The summed E-state index contributed by atoms with van der Waals surface area (Å²) in [6.07, 6.45) is 7.34. The maximum Gasteiger partial charge on any atom is 0.0897 e. The summed E-state index contributed by atoms with van der Waals surface area (Å²) in [5, 5.41) is 4.57. The van der Waals surface area contributed by atoms with E-state index in [0.29, 0.717) is 5.92 Å². The molecule has 1 aliphatic rings. The third-order valence-corrected chi connectivity index (χ3v) is 3.49. The Hall–Kier alpha value is -0.710. The summed E-state index contributed by atoms with van der Waals surface area (Å²) in [6, 6.07) is 0.266. The van der Waals surface area contributed by atoms with Crippen LogP contribution in [0.1, 0.15) is 16.3 Å². The van der Waals surface area contributed by atoms with Gasteiger partial charge in [-0.15, -0.1) is 11.3 Å². The first-order valence-electron chi connectivity index (χ1n) is 5.30. The summed E-state index contributed by atoms with van der Waals surface area (Å²) in [4.78, 5) is 5.53. The second-order valence-corrected chi connectivity index (χ2v) is 5.34. The Bertz CT molecular complexity index is 345. The standard InChI is InChI=1S/C11H17N3S/c1-8-14-7-11(15-8)6-13-5-9-2-3-10(12)4-9/h2-3,7,9-10,13H,4-6,12H2,1H3. The van der Waals surface area contributed by atoms with E-state index >= 15 is 0 Å². The SMILES string of the molecule is Cc1ncc(CNCC2C=CC(N)C2)s1. The van der Waals surface area contributed by atoms with E-state index in [-0.39, 0.29) is 6.04 Å². The highest BCUT2D eigenvalue weighted by Gasteiger charge is 2.14. The summed E-state index contributed by atoms with van der Waals surface area (Å²) in [7, 11) is 0. The molecular formula is C11H17N3S. The molecule has 4 heteroatoms. The van der Waals surface area contributed by atoms with Crippen molar-refractivity contribution in [3.8, 4) is 0 Å². The number of hydrogen-bond acceptors (Lipinski definition) is 4. The lowest BCUT2D eigenvalue weighted by molar-refractivity contribution is 0.529. The second-order valence-electron chi connectivity index (χ2n) is 4.02. The average Bonchev–Trinajstić information content (AvgIpc) is 2.76. The van der Waals surface area contributed by atoms with Gasteiger partial charge in [-0.2, -0.15) is 0 Å². The van der Waals surface area contributed by atoms with Crippen LogP contribution in [0.4, 0.5) is 0 Å². The van der Waals surface area contributed by atoms with Crippen molar-refractivity contribution in [2.45, 2.75) is 25.9 Å². The summed E-state index contributed by atoms with van der Waals surface area (Å²) in [6.45, 7) is 3.97. The van der Waals surface area contributed by atoms with Crippen LogP contribution in [-0.2, 0) is 6.54 Å². The van der Waals surface area contributed by atoms with E-state index in [1.165, 1.54) is 4.88 Å². The van der Waals surface area contributed by atoms with E-state index in [9.17, 15) is 0 Å². The van der Waals surface area contributed by atoms with Crippen LogP contribution in [0, 0.1) is 12.8 Å². The first kappa shape index (κ1) is 10.8. The molecule has 1 heterocycles. The van der Waals surface area contributed by atoms with E-state index in [1.807, 2.05) is 13.1 Å². The number of aryl methyl sites for hydroxylation is 1. The van der Waals surface area contributed by atoms with E-state index < -0.39 is 0 Å². The van der Waals surface area contributed by atoms with Crippen LogP contribution >= 0.6 is 11.3 Å². The van der Waals surface area contributed by atoms with Crippen molar-refractivity contribution < 1.29 is 0 Å². The fourth-order valence-electron chi connectivity index (χ4n) is 1.83. The molecule has 0 aromatic carbocycles. The van der Waals surface area contributed by atoms with E-state index in [1.54, 1.807) is 11.3 Å². The van der Waals surface area contributed by atoms with Crippen LogP contribution in [0.15, 0.2) is 18.3 Å². The zero-order chi connectivity index (χ0) is 10.7. The third kappa shape index (κ3) is 3.12. The Morgan fingerprint density at radius 2 is 2.47 bits per heavy atom.